The fraction of sp³-hybridized carbons (Fsp3) is 1.00. The summed E-state index contributed by atoms with van der Waals surface area (Å²) < 4.78 is 211. The van der Waals surface area contributed by atoms with E-state index in [9.17, 15) is 0 Å². The third kappa shape index (κ3) is 54.2. The molecule has 5 saturated heterocycles. The summed E-state index contributed by atoms with van der Waals surface area (Å²) in [7, 11) is -63.9. The molecule has 0 aliphatic carbocycles. The Balaban J connectivity index is 1.31. The number of epoxide rings is 5. The molecule has 0 amide bonds. The second-order valence-corrected chi connectivity index (χ2v) is 125. The van der Waals surface area contributed by atoms with Crippen molar-refractivity contribution >= 4 is 188 Å². The molecule has 5 fully saturated rings. The first-order valence-electron chi connectivity index (χ1n) is 45.4. The topological polar surface area (TPSA) is 303 Å². The van der Waals surface area contributed by atoms with Crippen molar-refractivity contribution < 1.29 is 134 Å². The van der Waals surface area contributed by atoms with Gasteiger partial charge >= 0.3 is 171 Å². The molecule has 5 rings (SSSR count). The molecule has 0 N–H and O–H groups in total. The lowest BCUT2D eigenvalue weighted by Gasteiger charge is -2.48. The summed E-state index contributed by atoms with van der Waals surface area (Å²) in [6, 6.07) is 3.24. The lowest BCUT2D eigenvalue weighted by molar-refractivity contribution is 0.112. The molecular weight excluding hydrogens is 1970 g/mol. The van der Waals surface area contributed by atoms with E-state index in [-0.39, 0.29) is 30.5 Å². The van der Waals surface area contributed by atoms with Crippen LogP contribution in [0.3, 0.4) is 0 Å². The molecule has 31 nitrogen and oxygen atoms in total. The van der Waals surface area contributed by atoms with Crippen molar-refractivity contribution in [3.8, 4) is 0 Å². The second kappa shape index (κ2) is 46.7. The Morgan fingerprint density at radius 3 is 0.419 bits per heavy atom. The van der Waals surface area contributed by atoms with Crippen molar-refractivity contribution in [3.63, 3.8) is 0 Å². The van der Waals surface area contributed by atoms with Gasteiger partial charge in [0.05, 0.1) is 66.1 Å². The zero-order valence-corrected chi connectivity index (χ0v) is 107. The summed E-state index contributed by atoms with van der Waals surface area (Å²) in [6.07, 6.45) is 4.31. The van der Waals surface area contributed by atoms with E-state index in [1.54, 1.807) is 0 Å². The summed E-state index contributed by atoms with van der Waals surface area (Å²) in [5.74, 6) is 0. The van der Waals surface area contributed by atoms with Crippen LogP contribution in [-0.4, -0.2) is 317 Å². The Labute approximate surface area is 775 Å². The highest BCUT2D eigenvalue weighted by Gasteiger charge is 2.58. The highest BCUT2D eigenvalue weighted by molar-refractivity contribution is 6.97. The molecule has 10 unspecified atom stereocenters. The van der Waals surface area contributed by atoms with Crippen molar-refractivity contribution in [1.82, 2.24) is 0 Å². The SMILES string of the molecule is C[Si](C)(C)O[Si](C)(C)O[Si](C)(C)O[Si](C)(C)O[Si](C)(C)O[Si](C)(C)O[Si](C)(C)O[Si](C)(C)O[Si](C)(C)O[Si](C)(C)O[Si](C)(C)O[Si](C)(C)O[Si](C)(C)O[Si](C)(C)O[Si](C)(C)O[Si](C)(C)O[Si](C)(CCCOCC1CO1)O[Si](C)(CCCOCC1CO1)O[Si](C)(CCCOCC1CO1)O[Si](C)(CCCOCC1CO1)O[Si](C)(CCCOCC1CO1)O[Si](C)(C)C. The van der Waals surface area contributed by atoms with Gasteiger partial charge in [0.1, 0.15) is 30.5 Å². The second-order valence-electron chi connectivity index (χ2n) is 43.7. The van der Waals surface area contributed by atoms with Gasteiger partial charge in [-0.25, -0.2) is 0 Å². The van der Waals surface area contributed by atoms with Crippen LogP contribution in [0, 0.1) is 0 Å². The van der Waals surface area contributed by atoms with Gasteiger partial charge in [0.25, 0.3) is 0 Å². The Morgan fingerprint density at radius 2 is 0.282 bits per heavy atom. The molecule has 0 aromatic carbocycles. The first-order chi connectivity index (χ1) is 55.7. The van der Waals surface area contributed by atoms with Crippen LogP contribution >= 0.6 is 0 Å². The van der Waals surface area contributed by atoms with Crippen LogP contribution < -0.4 is 0 Å². The predicted octanol–water partition coefficient (Wildman–Crippen LogP) is 17.9. The van der Waals surface area contributed by atoms with Gasteiger partial charge in [-0.15, -0.1) is 0 Å². The maximum atomic E-state index is 8.04. The largest absolute Gasteiger partial charge is 0.437 e. The summed E-state index contributed by atoms with van der Waals surface area (Å²) in [5.41, 5.74) is 0. The van der Waals surface area contributed by atoms with Crippen LogP contribution in [-0.2, 0) is 134 Å². The molecule has 0 aromatic heterocycles. The highest BCUT2D eigenvalue weighted by atomic mass is 28.6. The zero-order chi connectivity index (χ0) is 94.5. The van der Waals surface area contributed by atoms with Crippen LogP contribution in [0.5, 0.6) is 0 Å². The van der Waals surface area contributed by atoms with Gasteiger partial charge in [-0.1, -0.05) is 0 Å². The van der Waals surface area contributed by atoms with E-state index in [4.69, 9.17) is 134 Å². The van der Waals surface area contributed by atoms with Crippen LogP contribution in [0.15, 0.2) is 0 Å². The molecule has 0 spiro atoms. The average molecular weight is 2150 g/mol. The molecule has 0 bridgehead atoms. The molecule has 0 saturated carbocycles. The lowest BCUT2D eigenvalue weighted by Crippen LogP contribution is -2.65. The molecule has 0 radical (unpaired) electrons. The summed E-state index contributed by atoms with van der Waals surface area (Å²) in [5, 5.41) is 0. The smallest absolute Gasteiger partial charge is 0.317 e. The Hall–Kier alpha value is 3.53. The summed E-state index contributed by atoms with van der Waals surface area (Å²) in [4.78, 5) is 0. The van der Waals surface area contributed by atoms with Gasteiger partial charge in [0, 0.05) is 33.0 Å². The molecule has 53 heteroatoms. The summed E-state index contributed by atoms with van der Waals surface area (Å²) in [6.45, 7) is 95.6. The van der Waals surface area contributed by atoms with E-state index in [1.165, 1.54) is 0 Å². The lowest BCUT2D eigenvalue weighted by atomic mass is 10.5. The Bertz CT molecular complexity index is 3190. The molecule has 5 aliphatic heterocycles. The molecule has 0 aromatic rings. The van der Waals surface area contributed by atoms with E-state index in [0.29, 0.717) is 123 Å². The van der Waals surface area contributed by atoms with E-state index in [2.05, 4.69) is 268 Å². The van der Waals surface area contributed by atoms with Crippen LogP contribution in [0.4, 0.5) is 0 Å². The predicted molar refractivity (Wildman–Crippen MR) is 540 cm³/mol. The molecule has 10 atom stereocenters. The summed E-state index contributed by atoms with van der Waals surface area (Å²) >= 11 is 0. The van der Waals surface area contributed by atoms with E-state index < -0.39 is 188 Å². The normalized spacial score (nSPS) is 22.2. The quantitative estimate of drug-likeness (QED) is 0.0310. The fourth-order valence-corrected chi connectivity index (χ4v) is 132. The Kier molecular flexibility index (Phi) is 44.5. The van der Waals surface area contributed by atoms with Crippen LogP contribution in [0.1, 0.15) is 32.1 Å². The van der Waals surface area contributed by atoms with Gasteiger partial charge in [-0.05, 0) is 331 Å². The van der Waals surface area contributed by atoms with Gasteiger partial charge in [0.15, 0.2) is 16.6 Å². The van der Waals surface area contributed by atoms with Crippen molar-refractivity contribution in [3.05, 3.63) is 0 Å². The maximum Gasteiger partial charge on any atom is 0.317 e. The monoisotopic (exact) mass is 2140 g/mol. The van der Waals surface area contributed by atoms with Crippen molar-refractivity contribution in [2.24, 2.45) is 0 Å². The number of hydrogen-bond donors (Lipinski definition) is 0. The van der Waals surface area contributed by atoms with Gasteiger partial charge < -0.3 is 134 Å². The van der Waals surface area contributed by atoms with E-state index >= 15 is 0 Å². The van der Waals surface area contributed by atoms with Crippen molar-refractivity contribution in [2.75, 3.05) is 99.1 Å². The zero-order valence-electron chi connectivity index (χ0n) is 85.2. The Morgan fingerprint density at radius 1 is 0.161 bits per heavy atom. The fourth-order valence-electron chi connectivity index (χ4n) is 17.3. The molecular formula is C71H178O31Si22. The minimum atomic E-state index is -3.42. The number of ether oxygens (including phenoxy) is 10. The van der Waals surface area contributed by atoms with Crippen molar-refractivity contribution in [2.45, 2.75) is 361 Å². The van der Waals surface area contributed by atoms with Crippen LogP contribution in [0.25, 0.3) is 0 Å². The molecule has 736 valence electrons. The van der Waals surface area contributed by atoms with Crippen molar-refractivity contribution in [1.29, 1.82) is 0 Å². The average Bonchev–Trinajstić information content (AvgIpc) is 1.74. The van der Waals surface area contributed by atoms with E-state index in [0.717, 1.165) is 38.7 Å². The van der Waals surface area contributed by atoms with Gasteiger partial charge in [-0.2, -0.15) is 0 Å². The van der Waals surface area contributed by atoms with Gasteiger partial charge in [-0.3, -0.25) is 0 Å². The van der Waals surface area contributed by atoms with E-state index in [1.807, 2.05) is 0 Å². The number of hydrogen-bond acceptors (Lipinski definition) is 31. The minimum Gasteiger partial charge on any atom is -0.437 e. The van der Waals surface area contributed by atoms with Gasteiger partial charge in [0.2, 0.25) is 0 Å². The molecule has 124 heavy (non-hydrogen) atoms. The maximum absolute atomic E-state index is 8.04. The first kappa shape index (κ1) is 118. The first-order valence-corrected chi connectivity index (χ1v) is 107. The third-order valence-electron chi connectivity index (χ3n) is 18.3. The number of rotatable bonds is 72. The highest BCUT2D eigenvalue weighted by Crippen LogP contribution is 2.41. The van der Waals surface area contributed by atoms with Crippen LogP contribution in [0.2, 0.25) is 299 Å². The standard InChI is InChI=1S/C71H178O31Si22/c1-103(2,3)82-105(7,8)84-106(9,10)85-107(11,12)86-108(13,14)87-109(15,16)88-110(17,18)89-111(19,20)90-112(21,22)91-113(23,24)92-114(25,26)93-115(27,28)94-116(29,30)95-117(31,32)96-118(33,34)97-119(35,36)98-121(38,53-43-48-73-58-68-63-78-68)100-123(40,55-45-50-75-60-70-65-80-70)102-124(41,56-46-51-76-61-71-66-81-71)101-122(39,54-44-49-74-59-69-64-79-69)99-120(37,83-104(4,5)6)52-42-47-72-57-67-62-77-67/h67-71H,42-66H2,1-41H3. The third-order valence-corrected chi connectivity index (χ3v) is 106. The minimum absolute atomic E-state index is 0.126. The molecule has 5 heterocycles. The molecule has 5 aliphatic rings.